The lowest BCUT2D eigenvalue weighted by Crippen LogP contribution is -2.41. The lowest BCUT2D eigenvalue weighted by atomic mass is 10.0. The standard InChI is InChI=1S/C24H23ClN2O2/c25-20-11-9-18(10-12-20)23(22-8-4-5-15-26-22)29-21-13-16-27(17-14-21)24(28)19-6-2-1-3-7-19/h1-12,15,21,23H,13-14,16-17H2/t23-/m1/s1. The summed E-state index contributed by atoms with van der Waals surface area (Å²) in [5, 5.41) is 0.696. The van der Waals surface area contributed by atoms with E-state index < -0.39 is 0 Å². The van der Waals surface area contributed by atoms with E-state index in [4.69, 9.17) is 16.3 Å². The summed E-state index contributed by atoms with van der Waals surface area (Å²) in [5.74, 6) is 0.0861. The van der Waals surface area contributed by atoms with E-state index in [1.807, 2.05) is 77.7 Å². The second kappa shape index (κ2) is 9.21. The number of hydrogen-bond donors (Lipinski definition) is 0. The quantitative estimate of drug-likeness (QED) is 0.588. The van der Waals surface area contributed by atoms with E-state index in [0.29, 0.717) is 18.1 Å². The van der Waals surface area contributed by atoms with Crippen LogP contribution in [0.15, 0.2) is 79.0 Å². The summed E-state index contributed by atoms with van der Waals surface area (Å²) in [6, 6.07) is 23.0. The van der Waals surface area contributed by atoms with Gasteiger partial charge in [0.25, 0.3) is 5.91 Å². The van der Waals surface area contributed by atoms with E-state index in [0.717, 1.165) is 29.7 Å². The molecule has 3 aromatic rings. The van der Waals surface area contributed by atoms with Gasteiger partial charge in [0.15, 0.2) is 0 Å². The summed E-state index contributed by atoms with van der Waals surface area (Å²) in [4.78, 5) is 19.1. The number of piperidine rings is 1. The molecule has 1 aromatic heterocycles. The molecule has 2 aromatic carbocycles. The van der Waals surface area contributed by atoms with Crippen LogP contribution in [0.2, 0.25) is 5.02 Å². The first-order valence-corrected chi connectivity index (χ1v) is 10.2. The second-order valence-corrected chi connectivity index (χ2v) is 7.62. The highest BCUT2D eigenvalue weighted by Gasteiger charge is 2.27. The van der Waals surface area contributed by atoms with Crippen molar-refractivity contribution >= 4 is 17.5 Å². The molecule has 0 saturated carbocycles. The number of hydrogen-bond acceptors (Lipinski definition) is 3. The van der Waals surface area contributed by atoms with Crippen LogP contribution in [0.1, 0.15) is 40.6 Å². The van der Waals surface area contributed by atoms with Gasteiger partial charge in [-0.1, -0.05) is 48.0 Å². The molecular formula is C24H23ClN2O2. The van der Waals surface area contributed by atoms with E-state index >= 15 is 0 Å². The minimum Gasteiger partial charge on any atom is -0.364 e. The molecule has 1 aliphatic heterocycles. The van der Waals surface area contributed by atoms with Gasteiger partial charge < -0.3 is 9.64 Å². The number of nitrogens with zero attached hydrogens (tertiary/aromatic N) is 2. The highest BCUT2D eigenvalue weighted by molar-refractivity contribution is 6.30. The molecule has 1 atom stereocenters. The lowest BCUT2D eigenvalue weighted by Gasteiger charge is -2.34. The van der Waals surface area contributed by atoms with Gasteiger partial charge in [0.1, 0.15) is 6.10 Å². The van der Waals surface area contributed by atoms with Crippen molar-refractivity contribution in [3.63, 3.8) is 0 Å². The van der Waals surface area contributed by atoms with Crippen molar-refractivity contribution in [1.82, 2.24) is 9.88 Å². The molecule has 0 spiro atoms. The molecule has 1 aliphatic rings. The fraction of sp³-hybridized carbons (Fsp3) is 0.250. The molecule has 1 saturated heterocycles. The van der Waals surface area contributed by atoms with Crippen LogP contribution in [0.25, 0.3) is 0 Å². The van der Waals surface area contributed by atoms with Gasteiger partial charge in [-0.2, -0.15) is 0 Å². The summed E-state index contributed by atoms with van der Waals surface area (Å²) in [7, 11) is 0. The van der Waals surface area contributed by atoms with Crippen molar-refractivity contribution in [2.45, 2.75) is 25.0 Å². The predicted octanol–water partition coefficient (Wildman–Crippen LogP) is 5.15. The monoisotopic (exact) mass is 406 g/mol. The van der Waals surface area contributed by atoms with Crippen LogP contribution in [0.4, 0.5) is 0 Å². The maximum atomic E-state index is 12.7. The van der Waals surface area contributed by atoms with E-state index in [-0.39, 0.29) is 18.1 Å². The van der Waals surface area contributed by atoms with Crippen LogP contribution >= 0.6 is 11.6 Å². The summed E-state index contributed by atoms with van der Waals surface area (Å²) in [6.45, 7) is 1.38. The molecular weight excluding hydrogens is 384 g/mol. The van der Waals surface area contributed by atoms with Gasteiger partial charge in [-0.3, -0.25) is 9.78 Å². The molecule has 0 radical (unpaired) electrons. The van der Waals surface area contributed by atoms with E-state index in [2.05, 4.69) is 4.98 Å². The van der Waals surface area contributed by atoms with Crippen molar-refractivity contribution in [3.8, 4) is 0 Å². The number of halogens is 1. The van der Waals surface area contributed by atoms with Gasteiger partial charge in [-0.25, -0.2) is 0 Å². The minimum atomic E-state index is -0.255. The summed E-state index contributed by atoms with van der Waals surface area (Å²) in [5.41, 5.74) is 2.63. The number of aromatic nitrogens is 1. The van der Waals surface area contributed by atoms with Gasteiger partial charge in [-0.15, -0.1) is 0 Å². The normalized spacial score (nSPS) is 15.8. The highest BCUT2D eigenvalue weighted by atomic mass is 35.5. The number of carbonyl (C=O) groups excluding carboxylic acids is 1. The Kier molecular flexibility index (Phi) is 6.23. The van der Waals surface area contributed by atoms with Gasteiger partial charge in [0.2, 0.25) is 0 Å². The average molecular weight is 407 g/mol. The average Bonchev–Trinajstić information content (AvgIpc) is 2.79. The van der Waals surface area contributed by atoms with Crippen molar-refractivity contribution in [3.05, 3.63) is 101 Å². The predicted molar refractivity (Wildman–Crippen MR) is 114 cm³/mol. The Balaban J connectivity index is 1.44. The van der Waals surface area contributed by atoms with Gasteiger partial charge >= 0.3 is 0 Å². The zero-order valence-electron chi connectivity index (χ0n) is 16.1. The summed E-state index contributed by atoms with van der Waals surface area (Å²) >= 11 is 6.06. The number of benzene rings is 2. The Hall–Kier alpha value is -2.69. The van der Waals surface area contributed by atoms with Crippen LogP contribution in [0.3, 0.4) is 0 Å². The van der Waals surface area contributed by atoms with Crippen molar-refractivity contribution in [2.24, 2.45) is 0 Å². The van der Waals surface area contributed by atoms with Crippen LogP contribution in [-0.4, -0.2) is 35.0 Å². The van der Waals surface area contributed by atoms with Crippen molar-refractivity contribution in [2.75, 3.05) is 13.1 Å². The Morgan fingerprint density at radius 2 is 1.66 bits per heavy atom. The van der Waals surface area contributed by atoms with Gasteiger partial charge in [0, 0.05) is 29.9 Å². The molecule has 0 unspecified atom stereocenters. The van der Waals surface area contributed by atoms with Gasteiger partial charge in [0.05, 0.1) is 11.8 Å². The number of rotatable bonds is 5. The molecule has 4 nitrogen and oxygen atoms in total. The number of amides is 1. The first kappa shape index (κ1) is 19.6. The fourth-order valence-corrected chi connectivity index (χ4v) is 3.76. The minimum absolute atomic E-state index is 0.0671. The maximum Gasteiger partial charge on any atom is 0.253 e. The number of carbonyl (C=O) groups is 1. The maximum absolute atomic E-state index is 12.7. The Labute approximate surface area is 176 Å². The third-order valence-electron chi connectivity index (χ3n) is 5.21. The van der Waals surface area contributed by atoms with E-state index in [1.54, 1.807) is 6.20 Å². The molecule has 1 fully saturated rings. The highest BCUT2D eigenvalue weighted by Crippen LogP contribution is 2.30. The molecule has 0 aliphatic carbocycles. The molecule has 0 N–H and O–H groups in total. The van der Waals surface area contributed by atoms with Gasteiger partial charge in [-0.05, 0) is 54.8 Å². The third kappa shape index (κ3) is 4.84. The number of pyridine rings is 1. The lowest BCUT2D eigenvalue weighted by molar-refractivity contribution is -0.0254. The van der Waals surface area contributed by atoms with Crippen molar-refractivity contribution in [1.29, 1.82) is 0 Å². The smallest absolute Gasteiger partial charge is 0.253 e. The molecule has 4 rings (SSSR count). The summed E-state index contributed by atoms with van der Waals surface area (Å²) in [6.07, 6.45) is 3.20. The number of ether oxygens (including phenoxy) is 1. The topological polar surface area (TPSA) is 42.4 Å². The first-order valence-electron chi connectivity index (χ1n) is 9.87. The zero-order valence-corrected chi connectivity index (χ0v) is 16.8. The zero-order chi connectivity index (χ0) is 20.1. The molecule has 148 valence electrons. The van der Waals surface area contributed by atoms with Crippen molar-refractivity contribution < 1.29 is 9.53 Å². The Morgan fingerprint density at radius 1 is 0.966 bits per heavy atom. The SMILES string of the molecule is O=C(c1ccccc1)N1CCC(O[C@H](c2ccc(Cl)cc2)c2ccccn2)CC1. The van der Waals surface area contributed by atoms with E-state index in [1.165, 1.54) is 0 Å². The largest absolute Gasteiger partial charge is 0.364 e. The molecule has 2 heterocycles. The second-order valence-electron chi connectivity index (χ2n) is 7.18. The van der Waals surface area contributed by atoms with Crippen LogP contribution in [0.5, 0.6) is 0 Å². The Bertz CT molecular complexity index is 924. The summed E-state index contributed by atoms with van der Waals surface area (Å²) < 4.78 is 6.49. The third-order valence-corrected chi connectivity index (χ3v) is 5.46. The molecule has 5 heteroatoms. The molecule has 29 heavy (non-hydrogen) atoms. The van der Waals surface area contributed by atoms with E-state index in [9.17, 15) is 4.79 Å². The molecule has 0 bridgehead atoms. The molecule has 1 amide bonds. The fourth-order valence-electron chi connectivity index (χ4n) is 3.64. The van der Waals surface area contributed by atoms with Crippen LogP contribution in [0, 0.1) is 0 Å². The van der Waals surface area contributed by atoms with Crippen LogP contribution < -0.4 is 0 Å². The van der Waals surface area contributed by atoms with Crippen LogP contribution in [-0.2, 0) is 4.74 Å². The Morgan fingerprint density at radius 3 is 2.31 bits per heavy atom. The number of likely N-dealkylation sites (tertiary alicyclic amines) is 1. The first-order chi connectivity index (χ1) is 14.2.